The second-order valence-electron chi connectivity index (χ2n) is 8.06. The molecule has 3 aromatic rings. The van der Waals surface area contributed by atoms with Crippen LogP contribution in [-0.2, 0) is 19.9 Å². The zero-order chi connectivity index (χ0) is 24.6. The van der Waals surface area contributed by atoms with Gasteiger partial charge in [0.25, 0.3) is 11.3 Å². The van der Waals surface area contributed by atoms with Crippen molar-refractivity contribution in [3.63, 3.8) is 0 Å². The molecule has 0 amide bonds. The number of hydrogen-bond donors (Lipinski definition) is 0. The molecule has 10 nitrogen and oxygen atoms in total. The van der Waals surface area contributed by atoms with Gasteiger partial charge < -0.3 is 18.9 Å². The Balaban J connectivity index is 1.49. The van der Waals surface area contributed by atoms with Crippen LogP contribution in [0.5, 0.6) is 6.01 Å². The quantitative estimate of drug-likeness (QED) is 0.511. The third-order valence-electron chi connectivity index (χ3n) is 5.87. The van der Waals surface area contributed by atoms with Crippen LogP contribution in [0.15, 0.2) is 77.7 Å². The Morgan fingerprint density at radius 3 is 2.31 bits per heavy atom. The SMILES string of the molecule is C[C@@H](OC(=O)c1ccccc1)[C@H]1O[C@]2(C#N)[C@@H](Oc3nc(=O)ccn32)[C@@H]1OC(=O)c1ccccc1. The first-order valence-electron chi connectivity index (χ1n) is 10.8. The van der Waals surface area contributed by atoms with Crippen molar-refractivity contribution in [2.45, 2.75) is 37.1 Å². The van der Waals surface area contributed by atoms with Crippen LogP contribution in [0.4, 0.5) is 0 Å². The molecule has 2 aliphatic heterocycles. The number of ether oxygens (including phenoxy) is 4. The highest BCUT2D eigenvalue weighted by Gasteiger charge is 2.66. The third-order valence-corrected chi connectivity index (χ3v) is 5.87. The molecular weight excluding hydrogens is 454 g/mol. The van der Waals surface area contributed by atoms with Crippen LogP contribution in [-0.4, -0.2) is 45.9 Å². The smallest absolute Gasteiger partial charge is 0.338 e. The van der Waals surface area contributed by atoms with Gasteiger partial charge in [0.15, 0.2) is 6.10 Å². The molecule has 10 heteroatoms. The Bertz CT molecular complexity index is 1370. The number of fused-ring (bicyclic) bond motifs is 3. The minimum absolute atomic E-state index is 0.141. The van der Waals surface area contributed by atoms with Crippen molar-refractivity contribution in [2.24, 2.45) is 0 Å². The molecule has 0 N–H and O–H groups in total. The predicted molar refractivity (Wildman–Crippen MR) is 118 cm³/mol. The molecule has 1 aromatic heterocycles. The number of esters is 2. The van der Waals surface area contributed by atoms with Gasteiger partial charge in [0.05, 0.1) is 11.1 Å². The molecule has 0 unspecified atom stereocenters. The van der Waals surface area contributed by atoms with Crippen molar-refractivity contribution in [1.29, 1.82) is 5.26 Å². The minimum atomic E-state index is -1.80. The standard InChI is InChI=1S/C25H19N3O7/c1-15(32-22(30)16-8-4-2-5-9-16)19-20(33-23(31)17-10-6-3-7-11-17)21-25(14-26,35-19)28-13-12-18(29)27-24(28)34-21/h2-13,15,19-21H,1H3/t15-,19-,20-,21+,25-/m1/s1. The summed E-state index contributed by atoms with van der Waals surface area (Å²) in [5.74, 6) is -1.29. The lowest BCUT2D eigenvalue weighted by Crippen LogP contribution is -2.45. The maximum atomic E-state index is 12.9. The van der Waals surface area contributed by atoms with E-state index in [9.17, 15) is 19.6 Å². The van der Waals surface area contributed by atoms with E-state index < -0.39 is 47.6 Å². The van der Waals surface area contributed by atoms with E-state index in [0.717, 1.165) is 6.07 Å². The van der Waals surface area contributed by atoms with Crippen LogP contribution >= 0.6 is 0 Å². The summed E-state index contributed by atoms with van der Waals surface area (Å²) in [4.78, 5) is 41.1. The molecule has 3 heterocycles. The predicted octanol–water partition coefficient (Wildman–Crippen LogP) is 2.05. The van der Waals surface area contributed by atoms with Crippen LogP contribution in [0, 0.1) is 11.3 Å². The summed E-state index contributed by atoms with van der Waals surface area (Å²) in [5.41, 5.74) is -1.76. The molecule has 1 saturated heterocycles. The van der Waals surface area contributed by atoms with Gasteiger partial charge in [0, 0.05) is 12.3 Å². The lowest BCUT2D eigenvalue weighted by Gasteiger charge is -2.26. The molecule has 0 bridgehead atoms. The van der Waals surface area contributed by atoms with E-state index in [2.05, 4.69) is 11.1 Å². The first-order chi connectivity index (χ1) is 16.9. The Kier molecular flexibility index (Phi) is 5.55. The number of rotatable bonds is 5. The average molecular weight is 473 g/mol. The molecule has 5 atom stereocenters. The molecule has 0 aliphatic carbocycles. The molecule has 176 valence electrons. The summed E-state index contributed by atoms with van der Waals surface area (Å²) in [6.45, 7) is 1.57. The molecular formula is C25H19N3O7. The number of carbonyl (C=O) groups excluding carboxylic acids is 2. The molecule has 2 aromatic carbocycles. The fraction of sp³-hybridized carbons (Fsp3) is 0.240. The van der Waals surface area contributed by atoms with Crippen LogP contribution in [0.25, 0.3) is 0 Å². The summed E-state index contributed by atoms with van der Waals surface area (Å²) < 4.78 is 24.6. The van der Waals surface area contributed by atoms with Crippen molar-refractivity contribution >= 4 is 11.9 Å². The highest BCUT2D eigenvalue weighted by Crippen LogP contribution is 2.46. The number of carbonyl (C=O) groups is 2. The highest BCUT2D eigenvalue weighted by molar-refractivity contribution is 5.90. The second-order valence-corrected chi connectivity index (χ2v) is 8.06. The van der Waals surface area contributed by atoms with Crippen molar-refractivity contribution in [1.82, 2.24) is 9.55 Å². The average Bonchev–Trinajstić information content (AvgIpc) is 3.36. The number of aromatic nitrogens is 2. The summed E-state index contributed by atoms with van der Waals surface area (Å²) in [7, 11) is 0. The van der Waals surface area contributed by atoms with Gasteiger partial charge in [-0.3, -0.25) is 9.36 Å². The van der Waals surface area contributed by atoms with Crippen LogP contribution < -0.4 is 10.3 Å². The summed E-state index contributed by atoms with van der Waals surface area (Å²) in [5, 5.41) is 10.1. The Morgan fingerprint density at radius 1 is 1.06 bits per heavy atom. The van der Waals surface area contributed by atoms with Crippen LogP contribution in [0.3, 0.4) is 0 Å². The maximum Gasteiger partial charge on any atom is 0.338 e. The third kappa shape index (κ3) is 3.82. The summed E-state index contributed by atoms with van der Waals surface area (Å²) in [6.07, 6.45) is -3.01. The molecule has 35 heavy (non-hydrogen) atoms. The fourth-order valence-corrected chi connectivity index (χ4v) is 4.19. The molecule has 0 saturated carbocycles. The van der Waals surface area contributed by atoms with Gasteiger partial charge in [0.2, 0.25) is 6.10 Å². The number of benzene rings is 2. The van der Waals surface area contributed by atoms with E-state index in [4.69, 9.17) is 18.9 Å². The number of nitriles is 1. The first-order valence-corrected chi connectivity index (χ1v) is 10.8. The van der Waals surface area contributed by atoms with E-state index >= 15 is 0 Å². The van der Waals surface area contributed by atoms with E-state index in [-0.39, 0.29) is 11.6 Å². The fourth-order valence-electron chi connectivity index (χ4n) is 4.19. The molecule has 5 rings (SSSR count). The number of nitrogens with zero attached hydrogens (tertiary/aromatic N) is 3. The van der Waals surface area contributed by atoms with E-state index in [1.54, 1.807) is 67.6 Å². The normalized spacial score (nSPS) is 24.9. The van der Waals surface area contributed by atoms with E-state index in [0.29, 0.717) is 5.56 Å². The van der Waals surface area contributed by atoms with Crippen LogP contribution in [0.1, 0.15) is 27.6 Å². The highest BCUT2D eigenvalue weighted by atomic mass is 16.7. The lowest BCUT2D eigenvalue weighted by atomic mass is 10.0. The van der Waals surface area contributed by atoms with Crippen molar-refractivity contribution in [3.05, 3.63) is 94.4 Å². The maximum absolute atomic E-state index is 12.9. The van der Waals surface area contributed by atoms with Crippen LogP contribution in [0.2, 0.25) is 0 Å². The molecule has 2 aliphatic rings. The van der Waals surface area contributed by atoms with Crippen molar-refractivity contribution in [3.8, 4) is 12.1 Å². The van der Waals surface area contributed by atoms with Gasteiger partial charge in [-0.25, -0.2) is 9.59 Å². The van der Waals surface area contributed by atoms with Gasteiger partial charge in [-0.05, 0) is 31.2 Å². The van der Waals surface area contributed by atoms with Gasteiger partial charge in [-0.1, -0.05) is 36.4 Å². The first kappa shape index (κ1) is 22.3. The van der Waals surface area contributed by atoms with Gasteiger partial charge in [0.1, 0.15) is 18.3 Å². The van der Waals surface area contributed by atoms with E-state index in [1.165, 1.54) is 10.8 Å². The Morgan fingerprint density at radius 2 is 1.69 bits per heavy atom. The second kappa shape index (κ2) is 8.70. The van der Waals surface area contributed by atoms with Crippen molar-refractivity contribution < 1.29 is 28.5 Å². The van der Waals surface area contributed by atoms with Crippen molar-refractivity contribution in [2.75, 3.05) is 0 Å². The summed E-state index contributed by atoms with van der Waals surface area (Å²) in [6, 6.07) is 19.7. The lowest BCUT2D eigenvalue weighted by molar-refractivity contribution is -0.111. The number of hydrogen-bond acceptors (Lipinski definition) is 9. The topological polar surface area (TPSA) is 130 Å². The van der Waals surface area contributed by atoms with Gasteiger partial charge >= 0.3 is 17.9 Å². The molecule has 0 spiro atoms. The van der Waals surface area contributed by atoms with Gasteiger partial charge in [-0.2, -0.15) is 10.2 Å². The largest absolute Gasteiger partial charge is 0.456 e. The minimum Gasteiger partial charge on any atom is -0.456 e. The van der Waals surface area contributed by atoms with E-state index in [1.807, 2.05) is 0 Å². The monoisotopic (exact) mass is 473 g/mol. The molecule has 1 fully saturated rings. The zero-order valence-electron chi connectivity index (χ0n) is 18.4. The molecule has 0 radical (unpaired) electrons. The summed E-state index contributed by atoms with van der Waals surface area (Å²) >= 11 is 0. The Labute approximate surface area is 199 Å². The zero-order valence-corrected chi connectivity index (χ0v) is 18.4. The van der Waals surface area contributed by atoms with Gasteiger partial charge in [-0.15, -0.1) is 0 Å². The Hall–Kier alpha value is -4.49.